The van der Waals surface area contributed by atoms with Crippen LogP contribution in [0.15, 0.2) is 12.5 Å². The summed E-state index contributed by atoms with van der Waals surface area (Å²) >= 11 is 0. The number of aromatic nitrogens is 2. The highest BCUT2D eigenvalue weighted by Crippen LogP contribution is 2.31. The third-order valence-corrected chi connectivity index (χ3v) is 3.95. The van der Waals surface area contributed by atoms with E-state index in [0.29, 0.717) is 18.0 Å². The fourth-order valence-corrected chi connectivity index (χ4v) is 2.59. The first-order valence-corrected chi connectivity index (χ1v) is 6.49. The summed E-state index contributed by atoms with van der Waals surface area (Å²) in [4.78, 5) is 4.32. The minimum atomic E-state index is 0.423. The molecule has 1 heterocycles. The van der Waals surface area contributed by atoms with E-state index < -0.39 is 0 Å². The van der Waals surface area contributed by atoms with Crippen LogP contribution in [-0.2, 0) is 0 Å². The maximum atomic E-state index is 5.95. The van der Waals surface area contributed by atoms with Gasteiger partial charge < -0.3 is 10.3 Å². The van der Waals surface area contributed by atoms with Crippen molar-refractivity contribution in [1.29, 1.82) is 0 Å². The second-order valence-electron chi connectivity index (χ2n) is 5.10. The molecule has 1 unspecified atom stereocenters. The highest BCUT2D eigenvalue weighted by Gasteiger charge is 2.22. The Hall–Kier alpha value is -0.830. The molecule has 3 heteroatoms. The van der Waals surface area contributed by atoms with Gasteiger partial charge in [-0.25, -0.2) is 4.98 Å². The number of imidazole rings is 1. The van der Waals surface area contributed by atoms with Crippen LogP contribution in [0.3, 0.4) is 0 Å². The van der Waals surface area contributed by atoms with Gasteiger partial charge >= 0.3 is 0 Å². The van der Waals surface area contributed by atoms with Gasteiger partial charge in [-0.1, -0.05) is 13.8 Å². The van der Waals surface area contributed by atoms with Gasteiger partial charge in [0.05, 0.1) is 6.33 Å². The van der Waals surface area contributed by atoms with E-state index in [0.717, 1.165) is 12.8 Å². The van der Waals surface area contributed by atoms with Gasteiger partial charge in [-0.15, -0.1) is 0 Å². The average Bonchev–Trinajstić information content (AvgIpc) is 2.78. The zero-order valence-electron chi connectivity index (χ0n) is 10.4. The molecule has 0 aliphatic heterocycles. The van der Waals surface area contributed by atoms with Crippen LogP contribution in [0.2, 0.25) is 0 Å². The Labute approximate surface area is 98.1 Å². The molecule has 1 fully saturated rings. The zero-order valence-corrected chi connectivity index (χ0v) is 10.4. The molecule has 3 nitrogen and oxygen atoms in total. The van der Waals surface area contributed by atoms with Crippen LogP contribution < -0.4 is 5.73 Å². The van der Waals surface area contributed by atoms with Crippen molar-refractivity contribution >= 4 is 0 Å². The summed E-state index contributed by atoms with van der Waals surface area (Å²) in [5, 5.41) is 0. The first-order valence-electron chi connectivity index (χ1n) is 6.49. The first-order chi connectivity index (χ1) is 7.72. The molecule has 0 radical (unpaired) electrons. The van der Waals surface area contributed by atoms with Gasteiger partial charge in [0, 0.05) is 24.0 Å². The molecular formula is C13H23N3. The lowest BCUT2D eigenvalue weighted by molar-refractivity contribution is 0.315. The highest BCUT2D eigenvalue weighted by molar-refractivity contribution is 5.06. The summed E-state index contributed by atoms with van der Waals surface area (Å²) in [5.41, 5.74) is 7.34. The summed E-state index contributed by atoms with van der Waals surface area (Å²) in [6.45, 7) is 4.51. The predicted molar refractivity (Wildman–Crippen MR) is 66.4 cm³/mol. The molecule has 1 aliphatic carbocycles. The molecule has 1 saturated carbocycles. The lowest BCUT2D eigenvalue weighted by atomic mass is 9.91. The van der Waals surface area contributed by atoms with Crippen molar-refractivity contribution in [2.24, 2.45) is 5.73 Å². The van der Waals surface area contributed by atoms with E-state index in [2.05, 4.69) is 23.4 Å². The van der Waals surface area contributed by atoms with Crippen LogP contribution in [0.4, 0.5) is 0 Å². The van der Waals surface area contributed by atoms with Crippen molar-refractivity contribution in [2.75, 3.05) is 0 Å². The maximum Gasteiger partial charge on any atom is 0.0950 e. The standard InChI is InChI=1S/C13H23N3/c1-3-10(2)13-8-15-9-16(13)12-6-4-11(14)5-7-12/h8-12H,3-7,14H2,1-2H3. The van der Waals surface area contributed by atoms with Crippen molar-refractivity contribution < 1.29 is 0 Å². The molecule has 0 spiro atoms. The van der Waals surface area contributed by atoms with E-state index in [9.17, 15) is 0 Å². The van der Waals surface area contributed by atoms with Crippen LogP contribution in [-0.4, -0.2) is 15.6 Å². The van der Waals surface area contributed by atoms with Crippen molar-refractivity contribution in [3.05, 3.63) is 18.2 Å². The van der Waals surface area contributed by atoms with Crippen molar-refractivity contribution in [3.8, 4) is 0 Å². The molecular weight excluding hydrogens is 198 g/mol. The van der Waals surface area contributed by atoms with Gasteiger partial charge in [0.1, 0.15) is 0 Å². The van der Waals surface area contributed by atoms with E-state index in [4.69, 9.17) is 5.73 Å². The Bertz CT molecular complexity index is 324. The monoisotopic (exact) mass is 221 g/mol. The fraction of sp³-hybridized carbons (Fsp3) is 0.769. The summed E-state index contributed by atoms with van der Waals surface area (Å²) in [5.74, 6) is 0.609. The first kappa shape index (κ1) is 11.6. The Morgan fingerprint density at radius 2 is 2.12 bits per heavy atom. The van der Waals surface area contributed by atoms with Crippen LogP contribution >= 0.6 is 0 Å². The van der Waals surface area contributed by atoms with Crippen molar-refractivity contribution in [3.63, 3.8) is 0 Å². The van der Waals surface area contributed by atoms with E-state index in [1.54, 1.807) is 0 Å². The van der Waals surface area contributed by atoms with E-state index in [1.807, 2.05) is 12.5 Å². The van der Waals surface area contributed by atoms with Crippen LogP contribution in [0.1, 0.15) is 63.6 Å². The Morgan fingerprint density at radius 3 is 2.75 bits per heavy atom. The van der Waals surface area contributed by atoms with Crippen LogP contribution in [0.5, 0.6) is 0 Å². The Kier molecular flexibility index (Phi) is 3.64. The molecule has 0 amide bonds. The van der Waals surface area contributed by atoms with Gasteiger partial charge in [-0.05, 0) is 38.0 Å². The zero-order chi connectivity index (χ0) is 11.5. The molecule has 0 saturated heterocycles. The van der Waals surface area contributed by atoms with Crippen molar-refractivity contribution in [1.82, 2.24) is 9.55 Å². The fourth-order valence-electron chi connectivity index (χ4n) is 2.59. The van der Waals surface area contributed by atoms with Crippen LogP contribution in [0.25, 0.3) is 0 Å². The minimum absolute atomic E-state index is 0.423. The second-order valence-corrected chi connectivity index (χ2v) is 5.10. The molecule has 90 valence electrons. The average molecular weight is 221 g/mol. The summed E-state index contributed by atoms with van der Waals surface area (Å²) in [6, 6.07) is 1.05. The summed E-state index contributed by atoms with van der Waals surface area (Å²) < 4.78 is 2.39. The normalized spacial score (nSPS) is 27.9. The minimum Gasteiger partial charge on any atom is -0.331 e. The molecule has 2 rings (SSSR count). The largest absolute Gasteiger partial charge is 0.331 e. The van der Waals surface area contributed by atoms with E-state index in [-0.39, 0.29) is 0 Å². The third kappa shape index (κ3) is 2.29. The van der Waals surface area contributed by atoms with Gasteiger partial charge in [0.2, 0.25) is 0 Å². The molecule has 0 bridgehead atoms. The molecule has 1 aromatic rings. The van der Waals surface area contributed by atoms with E-state index >= 15 is 0 Å². The van der Waals surface area contributed by atoms with Crippen molar-refractivity contribution in [2.45, 2.75) is 64.0 Å². The number of hydrogen-bond acceptors (Lipinski definition) is 2. The molecule has 1 atom stereocenters. The number of nitrogens with two attached hydrogens (primary N) is 1. The molecule has 0 aromatic carbocycles. The summed E-state index contributed by atoms with van der Waals surface area (Å²) in [6.07, 6.45) is 9.94. The quantitative estimate of drug-likeness (QED) is 0.853. The van der Waals surface area contributed by atoms with Gasteiger partial charge in [0.25, 0.3) is 0 Å². The summed E-state index contributed by atoms with van der Waals surface area (Å²) in [7, 11) is 0. The molecule has 2 N–H and O–H groups in total. The molecule has 1 aliphatic rings. The maximum absolute atomic E-state index is 5.95. The number of rotatable bonds is 3. The van der Waals surface area contributed by atoms with Gasteiger partial charge in [-0.3, -0.25) is 0 Å². The second kappa shape index (κ2) is 5.00. The lowest BCUT2D eigenvalue weighted by Gasteiger charge is -2.29. The topological polar surface area (TPSA) is 43.8 Å². The predicted octanol–water partition coefficient (Wildman–Crippen LogP) is 2.84. The smallest absolute Gasteiger partial charge is 0.0950 e. The van der Waals surface area contributed by atoms with Crippen LogP contribution in [0, 0.1) is 0 Å². The lowest BCUT2D eigenvalue weighted by Crippen LogP contribution is -2.28. The number of hydrogen-bond donors (Lipinski definition) is 1. The third-order valence-electron chi connectivity index (χ3n) is 3.95. The van der Waals surface area contributed by atoms with Gasteiger partial charge in [-0.2, -0.15) is 0 Å². The molecule has 1 aromatic heterocycles. The Morgan fingerprint density at radius 1 is 1.44 bits per heavy atom. The Balaban J connectivity index is 2.11. The number of nitrogens with zero attached hydrogens (tertiary/aromatic N) is 2. The van der Waals surface area contributed by atoms with Gasteiger partial charge in [0.15, 0.2) is 0 Å². The highest BCUT2D eigenvalue weighted by atomic mass is 15.1. The SMILES string of the molecule is CCC(C)c1cncn1C1CCC(N)CC1. The molecule has 16 heavy (non-hydrogen) atoms. The van der Waals surface area contributed by atoms with E-state index in [1.165, 1.54) is 25.0 Å².